The Balaban J connectivity index is 1.39. The van der Waals surface area contributed by atoms with E-state index in [4.69, 9.17) is 0 Å². The topological polar surface area (TPSA) is 86.8 Å². The Morgan fingerprint density at radius 3 is 2.65 bits per heavy atom. The number of piperidine rings is 1. The van der Waals surface area contributed by atoms with Crippen molar-refractivity contribution in [3.8, 4) is 6.07 Å². The van der Waals surface area contributed by atoms with Gasteiger partial charge in [0.1, 0.15) is 17.8 Å². The third kappa shape index (κ3) is 5.01. The molecule has 0 unspecified atom stereocenters. The summed E-state index contributed by atoms with van der Waals surface area (Å²) in [6.45, 7) is 2.89. The van der Waals surface area contributed by atoms with Gasteiger partial charge in [0.25, 0.3) is 11.5 Å². The third-order valence-electron chi connectivity index (χ3n) is 8.77. The van der Waals surface area contributed by atoms with Gasteiger partial charge in [-0.15, -0.1) is 0 Å². The number of benzene rings is 1. The maximum Gasteiger partial charge on any atom is 0.276 e. The Hall–Kier alpha value is -3.64. The minimum Gasteiger partial charge on any atom is -0.365 e. The van der Waals surface area contributed by atoms with Crippen LogP contribution in [0.5, 0.6) is 0 Å². The first kappa shape index (κ1) is 26.6. The molecule has 0 amide bonds. The molecule has 9 heteroatoms. The maximum atomic E-state index is 15.6. The summed E-state index contributed by atoms with van der Waals surface area (Å²) in [6, 6.07) is 10.8. The van der Waals surface area contributed by atoms with Gasteiger partial charge in [0.15, 0.2) is 0 Å². The van der Waals surface area contributed by atoms with Gasteiger partial charge in [-0.1, -0.05) is 30.4 Å². The lowest BCUT2D eigenvalue weighted by Gasteiger charge is -2.35. The number of hydrogen-bond acceptors (Lipinski definition) is 6. The largest absolute Gasteiger partial charge is 0.365 e. The number of aryl methyl sites for hydroxylation is 1. The molecule has 2 aromatic heterocycles. The zero-order chi connectivity index (χ0) is 27.7. The van der Waals surface area contributed by atoms with Crippen molar-refractivity contribution in [1.29, 1.82) is 5.26 Å². The molecule has 1 saturated carbocycles. The number of anilines is 1. The van der Waals surface area contributed by atoms with Crippen LogP contribution >= 0.6 is 0 Å². The van der Waals surface area contributed by atoms with Crippen molar-refractivity contribution >= 4 is 16.9 Å². The van der Waals surface area contributed by atoms with Crippen molar-refractivity contribution in [2.24, 2.45) is 5.92 Å². The Bertz CT molecular complexity index is 1530. The van der Waals surface area contributed by atoms with Crippen molar-refractivity contribution in [3.05, 3.63) is 75.9 Å². The normalized spacial score (nSPS) is 24.9. The molecule has 3 aliphatic heterocycles. The summed E-state index contributed by atoms with van der Waals surface area (Å²) in [5, 5.41) is 13.8. The van der Waals surface area contributed by atoms with Gasteiger partial charge < -0.3 is 5.32 Å². The van der Waals surface area contributed by atoms with Crippen LogP contribution in [0, 0.1) is 17.2 Å². The van der Waals surface area contributed by atoms with Crippen LogP contribution in [0.25, 0.3) is 11.0 Å². The average molecular weight is 545 g/mol. The second kappa shape index (κ2) is 10.7. The minimum absolute atomic E-state index is 0.0457. The van der Waals surface area contributed by atoms with E-state index in [0.717, 1.165) is 31.4 Å². The van der Waals surface area contributed by atoms with Gasteiger partial charge in [-0.05, 0) is 75.7 Å². The molecular weight excluding hydrogens is 510 g/mol. The van der Waals surface area contributed by atoms with Crippen molar-refractivity contribution in [3.63, 3.8) is 0 Å². The molecule has 7 rings (SSSR count). The molecule has 0 radical (unpaired) electrons. The van der Waals surface area contributed by atoms with E-state index in [-0.39, 0.29) is 17.7 Å². The highest BCUT2D eigenvalue weighted by Crippen LogP contribution is 2.47. The summed E-state index contributed by atoms with van der Waals surface area (Å²) in [5.41, 5.74) is 0.856. The van der Waals surface area contributed by atoms with Crippen LogP contribution in [0.15, 0.2) is 53.6 Å². The highest BCUT2D eigenvalue weighted by molar-refractivity contribution is 5.87. The molecule has 0 spiro atoms. The number of rotatable bonds is 1. The number of halogens is 2. The summed E-state index contributed by atoms with van der Waals surface area (Å²) < 4.78 is 32.9. The molecule has 1 N–H and O–H groups in total. The molecule has 7 nitrogen and oxygen atoms in total. The van der Waals surface area contributed by atoms with Crippen molar-refractivity contribution < 1.29 is 8.78 Å². The molecule has 208 valence electrons. The minimum atomic E-state index is -2.90. The number of nitrogens with one attached hydrogen (secondary N) is 1. The van der Waals surface area contributed by atoms with Gasteiger partial charge in [0.2, 0.25) is 0 Å². The fourth-order valence-corrected chi connectivity index (χ4v) is 6.10. The smallest absolute Gasteiger partial charge is 0.276 e. The van der Waals surface area contributed by atoms with E-state index in [2.05, 4.69) is 38.4 Å². The highest BCUT2D eigenvalue weighted by Gasteiger charge is 2.47. The molecule has 2 fully saturated rings. The predicted octanol–water partition coefficient (Wildman–Crippen LogP) is 5.50. The lowest BCUT2D eigenvalue weighted by Crippen LogP contribution is -2.39. The summed E-state index contributed by atoms with van der Waals surface area (Å²) >= 11 is 0. The van der Waals surface area contributed by atoms with Gasteiger partial charge in [-0.25, -0.2) is 18.7 Å². The average Bonchev–Trinajstić information content (AvgIpc) is 3.77. The maximum absolute atomic E-state index is 15.6. The number of hydrogen-bond donors (Lipinski definition) is 1. The first-order valence-electron chi connectivity index (χ1n) is 14.3. The Labute approximate surface area is 232 Å². The zero-order valence-electron chi connectivity index (χ0n) is 22.6. The number of allylic oxidation sites excluding steroid dienone is 1. The van der Waals surface area contributed by atoms with E-state index >= 15 is 8.78 Å². The molecule has 1 aromatic carbocycles. The van der Waals surface area contributed by atoms with E-state index in [9.17, 15) is 10.1 Å². The third-order valence-corrected chi connectivity index (χ3v) is 8.77. The molecule has 4 aliphatic rings. The summed E-state index contributed by atoms with van der Waals surface area (Å²) in [4.78, 5) is 24.8. The quantitative estimate of drug-likeness (QED) is 0.407. The van der Waals surface area contributed by atoms with E-state index in [1.807, 2.05) is 6.07 Å². The van der Waals surface area contributed by atoms with Crippen LogP contribution in [0.1, 0.15) is 61.6 Å². The van der Waals surface area contributed by atoms with Crippen molar-refractivity contribution in [2.45, 2.75) is 69.4 Å². The molecule has 1 aliphatic carbocycles. The SMILES string of the molecule is N#CC1(c2cc3c4ncnc3n(c2=O)CCCC/C=C\CN2CCC(CC2)C(F)(F)c2cccc(c2)CN4)CC1. The molecular formula is C31H34F2N6O. The van der Waals surface area contributed by atoms with Crippen LogP contribution in [0.4, 0.5) is 14.6 Å². The van der Waals surface area contributed by atoms with Crippen LogP contribution in [0.2, 0.25) is 0 Å². The highest BCUT2D eigenvalue weighted by atomic mass is 19.3. The number of alkyl halides is 2. The van der Waals surface area contributed by atoms with Gasteiger partial charge in [0.05, 0.1) is 16.9 Å². The van der Waals surface area contributed by atoms with Crippen molar-refractivity contribution in [1.82, 2.24) is 19.4 Å². The lowest BCUT2D eigenvalue weighted by atomic mass is 9.86. The molecule has 8 bridgehead atoms. The Morgan fingerprint density at radius 1 is 1.05 bits per heavy atom. The monoisotopic (exact) mass is 544 g/mol. The van der Waals surface area contributed by atoms with E-state index < -0.39 is 17.3 Å². The standard InChI is InChI=1S/C31H34F2N6O/c32-31(33)23-9-15-38(16-10-23)13-4-2-1-3-5-14-39-28-25(18-26(29(39)40)30(20-34)11-12-30)27(36-21-37-28)35-19-22-7-6-8-24(31)17-22/h2,4,6-8,17-18,21,23H,1,3,5,9-16,19H2,(H,35,36,37)/b4-2-. The first-order valence-corrected chi connectivity index (χ1v) is 14.3. The number of fused-ring (bicyclic) bond motifs is 8. The van der Waals surface area contributed by atoms with Crippen LogP contribution in [-0.4, -0.2) is 39.1 Å². The molecule has 0 atom stereocenters. The van der Waals surface area contributed by atoms with Crippen molar-refractivity contribution in [2.75, 3.05) is 25.0 Å². The number of nitriles is 1. The summed E-state index contributed by atoms with van der Waals surface area (Å²) in [7, 11) is 0. The first-order chi connectivity index (χ1) is 19.4. The molecule has 1 saturated heterocycles. The lowest BCUT2D eigenvalue weighted by molar-refractivity contribution is -0.0847. The summed E-state index contributed by atoms with van der Waals surface area (Å²) in [5.74, 6) is -3.06. The van der Waals surface area contributed by atoms with Crippen LogP contribution in [-0.2, 0) is 24.4 Å². The Kier molecular flexibility index (Phi) is 7.13. The zero-order valence-corrected chi connectivity index (χ0v) is 22.6. The summed E-state index contributed by atoms with van der Waals surface area (Å²) in [6.07, 6.45) is 10.5. The number of nitrogens with zero attached hydrogens (tertiary/aromatic N) is 5. The Morgan fingerprint density at radius 2 is 1.88 bits per heavy atom. The number of pyridine rings is 1. The number of aromatic nitrogens is 3. The van der Waals surface area contributed by atoms with Crippen LogP contribution < -0.4 is 10.9 Å². The van der Waals surface area contributed by atoms with E-state index in [1.165, 1.54) is 12.4 Å². The fourth-order valence-electron chi connectivity index (χ4n) is 6.10. The molecule has 5 heterocycles. The fraction of sp³-hybridized carbons (Fsp3) is 0.484. The van der Waals surface area contributed by atoms with Gasteiger partial charge in [-0.2, -0.15) is 5.26 Å². The second-order valence-corrected chi connectivity index (χ2v) is 11.4. The van der Waals surface area contributed by atoms with Gasteiger partial charge >= 0.3 is 0 Å². The predicted molar refractivity (Wildman–Crippen MR) is 150 cm³/mol. The second-order valence-electron chi connectivity index (χ2n) is 11.4. The molecule has 3 aromatic rings. The van der Waals surface area contributed by atoms with E-state index in [0.29, 0.717) is 67.7 Å². The van der Waals surface area contributed by atoms with Gasteiger partial charge in [0, 0.05) is 36.7 Å². The molecule has 40 heavy (non-hydrogen) atoms. The van der Waals surface area contributed by atoms with E-state index in [1.54, 1.807) is 22.8 Å². The van der Waals surface area contributed by atoms with Crippen LogP contribution in [0.3, 0.4) is 0 Å². The van der Waals surface area contributed by atoms with Gasteiger partial charge in [-0.3, -0.25) is 14.3 Å².